The Hall–Kier alpha value is -1.81. The Morgan fingerprint density at radius 3 is 2.50 bits per heavy atom. The molecule has 0 atom stereocenters. The van der Waals surface area contributed by atoms with Gasteiger partial charge in [-0.2, -0.15) is 0 Å². The fourth-order valence-electron chi connectivity index (χ4n) is 1.97. The molecule has 20 heavy (non-hydrogen) atoms. The van der Waals surface area contributed by atoms with Crippen LogP contribution in [0, 0.1) is 5.41 Å². The first-order valence-electron chi connectivity index (χ1n) is 6.87. The highest BCUT2D eigenvalue weighted by Gasteiger charge is 2.37. The summed E-state index contributed by atoms with van der Waals surface area (Å²) >= 11 is 0. The lowest BCUT2D eigenvalue weighted by molar-refractivity contribution is 0.0813. The van der Waals surface area contributed by atoms with Crippen LogP contribution in [0.25, 0.3) is 10.9 Å². The smallest absolute Gasteiger partial charge is 0.268 e. The van der Waals surface area contributed by atoms with Crippen molar-refractivity contribution in [3.8, 4) is 0 Å². The second-order valence-electron chi connectivity index (χ2n) is 6.44. The van der Waals surface area contributed by atoms with Gasteiger partial charge in [0.15, 0.2) is 0 Å². The van der Waals surface area contributed by atoms with E-state index in [0.29, 0.717) is 12.2 Å². The largest absolute Gasteiger partial charge is 0.351 e. The van der Waals surface area contributed by atoms with Crippen LogP contribution in [-0.4, -0.2) is 23.0 Å². The molecule has 1 aromatic heterocycles. The van der Waals surface area contributed by atoms with Crippen molar-refractivity contribution in [1.29, 1.82) is 0 Å². The standard InChI is InChI=1S/C16H23N3O/c1-15(2,10-17)16(3,4)19-14(20)13-9-11-7-5-6-8-12(11)18-13/h5-9,18H,10,17H2,1-4H3,(H,19,20). The average Bonchev–Trinajstić information content (AvgIpc) is 2.81. The van der Waals surface area contributed by atoms with Crippen molar-refractivity contribution in [3.05, 3.63) is 36.0 Å². The zero-order valence-electron chi connectivity index (χ0n) is 12.6. The van der Waals surface area contributed by atoms with Crippen LogP contribution in [0.1, 0.15) is 38.2 Å². The van der Waals surface area contributed by atoms with E-state index in [-0.39, 0.29) is 11.3 Å². The van der Waals surface area contributed by atoms with Gasteiger partial charge in [0.1, 0.15) is 5.69 Å². The summed E-state index contributed by atoms with van der Waals surface area (Å²) in [6, 6.07) is 9.72. The van der Waals surface area contributed by atoms with Crippen LogP contribution < -0.4 is 11.1 Å². The number of amides is 1. The Morgan fingerprint density at radius 1 is 1.25 bits per heavy atom. The number of hydrogen-bond acceptors (Lipinski definition) is 2. The molecule has 0 radical (unpaired) electrons. The van der Waals surface area contributed by atoms with E-state index >= 15 is 0 Å². The number of rotatable bonds is 4. The maximum atomic E-state index is 12.4. The number of nitrogens with two attached hydrogens (primary N) is 1. The van der Waals surface area contributed by atoms with Crippen LogP contribution in [-0.2, 0) is 0 Å². The molecule has 1 heterocycles. The summed E-state index contributed by atoms with van der Waals surface area (Å²) in [5.41, 5.74) is 6.77. The molecular formula is C16H23N3O. The van der Waals surface area contributed by atoms with E-state index in [1.54, 1.807) is 0 Å². The van der Waals surface area contributed by atoms with E-state index in [1.165, 1.54) is 0 Å². The molecule has 4 nitrogen and oxygen atoms in total. The number of carbonyl (C=O) groups excluding carboxylic acids is 1. The number of hydrogen-bond donors (Lipinski definition) is 3. The molecule has 0 fully saturated rings. The van der Waals surface area contributed by atoms with Gasteiger partial charge in [0.25, 0.3) is 5.91 Å². The number of nitrogens with one attached hydrogen (secondary N) is 2. The van der Waals surface area contributed by atoms with Crippen LogP contribution in [0.4, 0.5) is 0 Å². The molecule has 0 bridgehead atoms. The van der Waals surface area contributed by atoms with Crippen molar-refractivity contribution in [3.63, 3.8) is 0 Å². The van der Waals surface area contributed by atoms with Crippen molar-refractivity contribution in [2.24, 2.45) is 11.1 Å². The molecule has 0 aliphatic rings. The number of para-hydroxylation sites is 1. The maximum Gasteiger partial charge on any atom is 0.268 e. The molecule has 0 saturated carbocycles. The van der Waals surface area contributed by atoms with E-state index in [4.69, 9.17) is 5.73 Å². The highest BCUT2D eigenvalue weighted by atomic mass is 16.2. The van der Waals surface area contributed by atoms with Gasteiger partial charge in [-0.1, -0.05) is 32.0 Å². The second kappa shape index (κ2) is 4.94. The molecule has 0 aliphatic heterocycles. The Morgan fingerprint density at radius 2 is 1.90 bits per heavy atom. The van der Waals surface area contributed by atoms with Gasteiger partial charge in [0.2, 0.25) is 0 Å². The van der Waals surface area contributed by atoms with Crippen LogP contribution in [0.15, 0.2) is 30.3 Å². The molecule has 4 N–H and O–H groups in total. The van der Waals surface area contributed by atoms with Crippen molar-refractivity contribution in [1.82, 2.24) is 10.3 Å². The summed E-state index contributed by atoms with van der Waals surface area (Å²) in [6.07, 6.45) is 0. The van der Waals surface area contributed by atoms with E-state index < -0.39 is 5.54 Å². The van der Waals surface area contributed by atoms with Crippen molar-refractivity contribution >= 4 is 16.8 Å². The lowest BCUT2D eigenvalue weighted by Crippen LogP contribution is -2.56. The lowest BCUT2D eigenvalue weighted by atomic mass is 9.74. The summed E-state index contributed by atoms with van der Waals surface area (Å²) in [6.45, 7) is 8.62. The fraction of sp³-hybridized carbons (Fsp3) is 0.438. The Kier molecular flexibility index (Phi) is 3.61. The minimum Gasteiger partial charge on any atom is -0.351 e. The third-order valence-corrected chi connectivity index (χ3v) is 4.40. The first-order valence-corrected chi connectivity index (χ1v) is 6.87. The lowest BCUT2D eigenvalue weighted by Gasteiger charge is -2.41. The number of fused-ring (bicyclic) bond motifs is 1. The average molecular weight is 273 g/mol. The van der Waals surface area contributed by atoms with E-state index in [2.05, 4.69) is 24.1 Å². The molecule has 0 aliphatic carbocycles. The zero-order valence-corrected chi connectivity index (χ0v) is 12.6. The summed E-state index contributed by atoms with van der Waals surface area (Å²) in [7, 11) is 0. The molecule has 0 spiro atoms. The van der Waals surface area contributed by atoms with Gasteiger partial charge in [-0.15, -0.1) is 0 Å². The molecule has 0 saturated heterocycles. The molecule has 2 aromatic rings. The molecule has 2 rings (SSSR count). The van der Waals surface area contributed by atoms with Crippen LogP contribution in [0.2, 0.25) is 0 Å². The first-order chi connectivity index (χ1) is 9.27. The van der Waals surface area contributed by atoms with E-state index in [1.807, 2.05) is 44.2 Å². The van der Waals surface area contributed by atoms with E-state index in [9.17, 15) is 4.79 Å². The van der Waals surface area contributed by atoms with Crippen LogP contribution in [0.3, 0.4) is 0 Å². The molecule has 0 unspecified atom stereocenters. The number of carbonyl (C=O) groups is 1. The summed E-state index contributed by atoms with van der Waals surface area (Å²) < 4.78 is 0. The normalized spacial score (nSPS) is 12.7. The molecule has 4 heteroatoms. The highest BCUT2D eigenvalue weighted by Crippen LogP contribution is 2.29. The predicted octanol–water partition coefficient (Wildman–Crippen LogP) is 2.66. The van der Waals surface area contributed by atoms with Gasteiger partial charge >= 0.3 is 0 Å². The minimum absolute atomic E-state index is 0.104. The number of aromatic amines is 1. The summed E-state index contributed by atoms with van der Waals surface area (Å²) in [4.78, 5) is 15.6. The van der Waals surface area contributed by atoms with Gasteiger partial charge in [0, 0.05) is 16.4 Å². The van der Waals surface area contributed by atoms with Crippen molar-refractivity contribution in [2.45, 2.75) is 33.2 Å². The quantitative estimate of drug-likeness (QED) is 0.801. The zero-order chi connectivity index (χ0) is 15.0. The second-order valence-corrected chi connectivity index (χ2v) is 6.44. The highest BCUT2D eigenvalue weighted by molar-refractivity contribution is 5.98. The topological polar surface area (TPSA) is 70.9 Å². The van der Waals surface area contributed by atoms with Gasteiger partial charge in [-0.3, -0.25) is 4.79 Å². The third kappa shape index (κ3) is 2.56. The number of benzene rings is 1. The first kappa shape index (κ1) is 14.6. The molecule has 1 amide bonds. The van der Waals surface area contributed by atoms with Crippen LogP contribution >= 0.6 is 0 Å². The van der Waals surface area contributed by atoms with Gasteiger partial charge in [-0.25, -0.2) is 0 Å². The number of H-pyrrole nitrogens is 1. The summed E-state index contributed by atoms with van der Waals surface area (Å²) in [5.74, 6) is -0.104. The fourth-order valence-corrected chi connectivity index (χ4v) is 1.97. The van der Waals surface area contributed by atoms with Crippen LogP contribution in [0.5, 0.6) is 0 Å². The third-order valence-electron chi connectivity index (χ3n) is 4.40. The van der Waals surface area contributed by atoms with Gasteiger partial charge in [0.05, 0.1) is 0 Å². The van der Waals surface area contributed by atoms with Crippen molar-refractivity contribution < 1.29 is 4.79 Å². The monoisotopic (exact) mass is 273 g/mol. The Balaban J connectivity index is 2.24. The Labute approximate surface area is 119 Å². The Bertz CT molecular complexity index is 592. The summed E-state index contributed by atoms with van der Waals surface area (Å²) in [5, 5.41) is 4.11. The van der Waals surface area contributed by atoms with Gasteiger partial charge < -0.3 is 16.0 Å². The maximum absolute atomic E-state index is 12.4. The molecule has 1 aromatic carbocycles. The van der Waals surface area contributed by atoms with Crippen molar-refractivity contribution in [2.75, 3.05) is 6.54 Å². The minimum atomic E-state index is -0.393. The SMILES string of the molecule is CC(C)(CN)C(C)(C)NC(=O)c1cc2ccccc2[nH]1. The number of aromatic nitrogens is 1. The molecular weight excluding hydrogens is 250 g/mol. The molecule has 108 valence electrons. The van der Waals surface area contributed by atoms with E-state index in [0.717, 1.165) is 10.9 Å². The predicted molar refractivity (Wildman–Crippen MR) is 82.7 cm³/mol. The van der Waals surface area contributed by atoms with Gasteiger partial charge in [-0.05, 0) is 37.9 Å².